The Bertz CT molecular complexity index is 617. The zero-order valence-corrected chi connectivity index (χ0v) is 13.4. The van der Waals surface area contributed by atoms with Crippen LogP contribution in [0.15, 0.2) is 30.3 Å². The molecule has 5 nitrogen and oxygen atoms in total. The number of ether oxygens (including phenoxy) is 1. The Morgan fingerprint density at radius 3 is 2.59 bits per heavy atom. The van der Waals surface area contributed by atoms with E-state index in [9.17, 15) is 4.79 Å². The highest BCUT2D eigenvalue weighted by molar-refractivity contribution is 5.77. The van der Waals surface area contributed by atoms with Crippen molar-refractivity contribution < 1.29 is 9.53 Å². The van der Waals surface area contributed by atoms with Crippen molar-refractivity contribution in [3.8, 4) is 5.75 Å². The van der Waals surface area contributed by atoms with Crippen LogP contribution in [0.3, 0.4) is 0 Å². The molecule has 1 N–H and O–H groups in total. The Morgan fingerprint density at radius 2 is 1.95 bits per heavy atom. The minimum absolute atomic E-state index is 0.0446. The van der Waals surface area contributed by atoms with Gasteiger partial charge in [-0.1, -0.05) is 17.7 Å². The molecule has 22 heavy (non-hydrogen) atoms. The summed E-state index contributed by atoms with van der Waals surface area (Å²) in [6.07, 6.45) is 0.845. The monoisotopic (exact) mass is 301 g/mol. The molecule has 0 fully saturated rings. The van der Waals surface area contributed by atoms with Gasteiger partial charge in [-0.15, -0.1) is 0 Å². The Labute approximate surface area is 131 Å². The van der Waals surface area contributed by atoms with Crippen molar-refractivity contribution >= 4 is 5.91 Å². The number of aryl methyl sites for hydroxylation is 4. The molecular formula is C17H23N3O2. The molecule has 1 aromatic carbocycles. The number of hydrogen-bond donors (Lipinski definition) is 1. The zero-order valence-electron chi connectivity index (χ0n) is 13.4. The molecule has 1 aromatic heterocycles. The molecule has 0 bridgehead atoms. The van der Waals surface area contributed by atoms with E-state index in [1.165, 1.54) is 5.56 Å². The quantitative estimate of drug-likeness (QED) is 0.799. The molecular weight excluding hydrogens is 278 g/mol. The number of hydrogen-bond acceptors (Lipinski definition) is 3. The largest absolute Gasteiger partial charge is 0.484 e. The first-order valence-electron chi connectivity index (χ1n) is 7.52. The third kappa shape index (κ3) is 4.91. The maximum Gasteiger partial charge on any atom is 0.257 e. The minimum Gasteiger partial charge on any atom is -0.484 e. The lowest BCUT2D eigenvalue weighted by Crippen LogP contribution is -2.30. The molecule has 5 heteroatoms. The molecule has 0 aliphatic heterocycles. The number of nitrogens with zero attached hydrogens (tertiary/aromatic N) is 2. The Hall–Kier alpha value is -2.30. The molecule has 0 unspecified atom stereocenters. The van der Waals surface area contributed by atoms with Crippen molar-refractivity contribution in [2.45, 2.75) is 33.7 Å². The van der Waals surface area contributed by atoms with Gasteiger partial charge >= 0.3 is 0 Å². The predicted molar refractivity (Wildman–Crippen MR) is 86.0 cm³/mol. The summed E-state index contributed by atoms with van der Waals surface area (Å²) < 4.78 is 7.39. The summed E-state index contributed by atoms with van der Waals surface area (Å²) in [7, 11) is 0. The third-order valence-corrected chi connectivity index (χ3v) is 3.36. The first-order chi connectivity index (χ1) is 10.5. The van der Waals surface area contributed by atoms with Crippen LogP contribution in [-0.2, 0) is 11.3 Å². The van der Waals surface area contributed by atoms with Gasteiger partial charge < -0.3 is 10.1 Å². The van der Waals surface area contributed by atoms with E-state index in [0.29, 0.717) is 12.3 Å². The van der Waals surface area contributed by atoms with E-state index >= 15 is 0 Å². The molecule has 2 aromatic rings. The number of carbonyl (C=O) groups excluding carboxylic acids is 1. The van der Waals surface area contributed by atoms with Gasteiger partial charge in [-0.25, -0.2) is 0 Å². The summed E-state index contributed by atoms with van der Waals surface area (Å²) in [6.45, 7) is 7.50. The van der Waals surface area contributed by atoms with E-state index < -0.39 is 0 Å². The van der Waals surface area contributed by atoms with Crippen LogP contribution < -0.4 is 10.1 Å². The van der Waals surface area contributed by atoms with E-state index in [4.69, 9.17) is 4.74 Å². The van der Waals surface area contributed by atoms with Crippen molar-refractivity contribution in [1.82, 2.24) is 15.1 Å². The molecule has 0 atom stereocenters. The van der Waals surface area contributed by atoms with Gasteiger partial charge in [-0.2, -0.15) is 5.10 Å². The first-order valence-corrected chi connectivity index (χ1v) is 7.52. The van der Waals surface area contributed by atoms with Gasteiger partial charge in [0.2, 0.25) is 0 Å². The van der Waals surface area contributed by atoms with E-state index in [1.807, 2.05) is 55.8 Å². The maximum atomic E-state index is 11.7. The molecule has 0 saturated heterocycles. The topological polar surface area (TPSA) is 56.1 Å². The lowest BCUT2D eigenvalue weighted by atomic mass is 10.2. The van der Waals surface area contributed by atoms with Gasteiger partial charge in [0.1, 0.15) is 5.75 Å². The Morgan fingerprint density at radius 1 is 1.23 bits per heavy atom. The summed E-state index contributed by atoms with van der Waals surface area (Å²) in [6, 6.07) is 9.70. The number of amides is 1. The van der Waals surface area contributed by atoms with Crippen LogP contribution in [0.5, 0.6) is 5.75 Å². The molecule has 1 heterocycles. The SMILES string of the molecule is Cc1ccc(OCC(=O)NCCCn2nc(C)cc2C)cc1. The number of benzene rings is 1. The molecule has 0 radical (unpaired) electrons. The van der Waals surface area contributed by atoms with Crippen LogP contribution >= 0.6 is 0 Å². The van der Waals surface area contributed by atoms with Crippen LogP contribution in [0, 0.1) is 20.8 Å². The number of carbonyl (C=O) groups is 1. The Kier molecular flexibility index (Phi) is 5.58. The van der Waals surface area contributed by atoms with E-state index in [1.54, 1.807) is 0 Å². The molecule has 0 aliphatic rings. The standard InChI is InChI=1S/C17H23N3O2/c1-13-5-7-16(8-6-13)22-12-17(21)18-9-4-10-20-15(3)11-14(2)19-20/h5-8,11H,4,9-10,12H2,1-3H3,(H,18,21). The van der Waals surface area contributed by atoms with Gasteiger partial charge in [0.05, 0.1) is 5.69 Å². The van der Waals surface area contributed by atoms with Crippen molar-refractivity contribution in [3.05, 3.63) is 47.3 Å². The van der Waals surface area contributed by atoms with Crippen LogP contribution in [-0.4, -0.2) is 28.8 Å². The smallest absolute Gasteiger partial charge is 0.257 e. The molecule has 0 saturated carbocycles. The van der Waals surface area contributed by atoms with E-state index in [0.717, 1.165) is 24.4 Å². The fourth-order valence-corrected chi connectivity index (χ4v) is 2.19. The van der Waals surface area contributed by atoms with Gasteiger partial charge in [0.15, 0.2) is 6.61 Å². The normalized spacial score (nSPS) is 10.5. The lowest BCUT2D eigenvalue weighted by molar-refractivity contribution is -0.123. The highest BCUT2D eigenvalue weighted by Gasteiger charge is 2.03. The van der Waals surface area contributed by atoms with Gasteiger partial charge in [0.25, 0.3) is 5.91 Å². The Balaban J connectivity index is 1.63. The van der Waals surface area contributed by atoms with Crippen molar-refractivity contribution in [2.75, 3.05) is 13.2 Å². The second-order valence-electron chi connectivity index (χ2n) is 5.46. The van der Waals surface area contributed by atoms with Crippen LogP contribution in [0.1, 0.15) is 23.4 Å². The number of nitrogens with one attached hydrogen (secondary N) is 1. The van der Waals surface area contributed by atoms with Crippen molar-refractivity contribution in [2.24, 2.45) is 0 Å². The van der Waals surface area contributed by atoms with Gasteiger partial charge in [-0.3, -0.25) is 9.48 Å². The molecule has 2 rings (SSSR count). The lowest BCUT2D eigenvalue weighted by Gasteiger charge is -2.08. The van der Waals surface area contributed by atoms with Crippen LogP contribution in [0.2, 0.25) is 0 Å². The maximum absolute atomic E-state index is 11.7. The third-order valence-electron chi connectivity index (χ3n) is 3.36. The van der Waals surface area contributed by atoms with E-state index in [-0.39, 0.29) is 12.5 Å². The summed E-state index contributed by atoms with van der Waals surface area (Å²) in [5.74, 6) is 0.609. The summed E-state index contributed by atoms with van der Waals surface area (Å²) in [5.41, 5.74) is 3.33. The molecule has 0 aliphatic carbocycles. The van der Waals surface area contributed by atoms with Gasteiger partial charge in [-0.05, 0) is 45.4 Å². The van der Waals surface area contributed by atoms with Crippen LogP contribution in [0.4, 0.5) is 0 Å². The summed E-state index contributed by atoms with van der Waals surface area (Å²) >= 11 is 0. The second-order valence-corrected chi connectivity index (χ2v) is 5.46. The zero-order chi connectivity index (χ0) is 15.9. The van der Waals surface area contributed by atoms with Crippen molar-refractivity contribution in [1.29, 1.82) is 0 Å². The summed E-state index contributed by atoms with van der Waals surface area (Å²) in [5, 5.41) is 7.24. The first kappa shape index (κ1) is 16.1. The van der Waals surface area contributed by atoms with Gasteiger partial charge in [0, 0.05) is 18.8 Å². The molecule has 118 valence electrons. The van der Waals surface area contributed by atoms with Crippen LogP contribution in [0.25, 0.3) is 0 Å². The highest BCUT2D eigenvalue weighted by Crippen LogP contribution is 2.10. The molecule has 0 spiro atoms. The second kappa shape index (κ2) is 7.64. The highest BCUT2D eigenvalue weighted by atomic mass is 16.5. The number of rotatable bonds is 7. The van der Waals surface area contributed by atoms with E-state index in [2.05, 4.69) is 10.4 Å². The molecule has 1 amide bonds. The van der Waals surface area contributed by atoms with Crippen molar-refractivity contribution in [3.63, 3.8) is 0 Å². The summed E-state index contributed by atoms with van der Waals surface area (Å²) in [4.78, 5) is 11.7. The average Bonchev–Trinajstić information content (AvgIpc) is 2.81. The minimum atomic E-state index is -0.103. The number of aromatic nitrogens is 2. The average molecular weight is 301 g/mol. The predicted octanol–water partition coefficient (Wildman–Crippen LogP) is 2.39. The fraction of sp³-hybridized carbons (Fsp3) is 0.412. The fourth-order valence-electron chi connectivity index (χ4n) is 2.19.